The third-order valence-electron chi connectivity index (χ3n) is 1.54. The average Bonchev–Trinajstić information content (AvgIpc) is 2.46. The lowest BCUT2D eigenvalue weighted by Gasteiger charge is -2.05. The van der Waals surface area contributed by atoms with Gasteiger partial charge in [-0.2, -0.15) is 0 Å². The maximum absolute atomic E-state index is 9.37. The van der Waals surface area contributed by atoms with E-state index >= 15 is 0 Å². The smallest absolute Gasteiger partial charge is 0.185 e. The maximum atomic E-state index is 9.37. The summed E-state index contributed by atoms with van der Waals surface area (Å²) in [6, 6.07) is 0. The average molecular weight is 178 g/mol. The van der Waals surface area contributed by atoms with Gasteiger partial charge in [0.15, 0.2) is 5.82 Å². The van der Waals surface area contributed by atoms with Crippen molar-refractivity contribution in [3.05, 3.63) is 18.2 Å². The topological polar surface area (TPSA) is 38.0 Å². The molecule has 1 aromatic rings. The molecule has 3 heteroatoms. The molecule has 1 N–H and O–H groups in total. The molecule has 1 aromatic heterocycles. The molecule has 13 heavy (non-hydrogen) atoms. The lowest BCUT2D eigenvalue weighted by Crippen LogP contribution is -2.14. The van der Waals surface area contributed by atoms with E-state index in [0.29, 0.717) is 5.82 Å². The molecule has 0 atom stereocenters. The summed E-state index contributed by atoms with van der Waals surface area (Å²) < 4.78 is 1.93. The molecule has 0 unspecified atom stereocenters. The van der Waals surface area contributed by atoms with Gasteiger partial charge in [0.25, 0.3) is 0 Å². The van der Waals surface area contributed by atoms with Crippen LogP contribution in [-0.2, 0) is 6.54 Å². The van der Waals surface area contributed by atoms with Gasteiger partial charge in [0.2, 0.25) is 0 Å². The van der Waals surface area contributed by atoms with Crippen molar-refractivity contribution in [1.82, 2.24) is 9.55 Å². The van der Waals surface area contributed by atoms with Gasteiger partial charge in [0, 0.05) is 18.9 Å². The molecule has 0 saturated heterocycles. The molecule has 1 heterocycles. The zero-order valence-electron chi connectivity index (χ0n) is 8.20. The van der Waals surface area contributed by atoms with Crippen LogP contribution in [0.2, 0.25) is 0 Å². The van der Waals surface area contributed by atoms with Crippen LogP contribution in [0.5, 0.6) is 0 Å². The lowest BCUT2D eigenvalue weighted by atomic mass is 10.1. The molecule has 0 spiro atoms. The normalized spacial score (nSPS) is 10.8. The molecule has 1 rings (SSSR count). The van der Waals surface area contributed by atoms with E-state index in [9.17, 15) is 5.11 Å². The molecule has 70 valence electrons. The zero-order valence-corrected chi connectivity index (χ0v) is 8.20. The molecule has 0 amide bonds. The lowest BCUT2D eigenvalue weighted by molar-refractivity contribution is 0.143. The standard InChI is InChI=1S/C10H14N2O/c1-4-12-8-7-11-9(12)5-6-10(2,3)13/h7-8,13H,4H2,1-3H3. The van der Waals surface area contributed by atoms with E-state index in [1.807, 2.05) is 17.7 Å². The minimum absolute atomic E-state index is 0.699. The molecule has 0 radical (unpaired) electrons. The Balaban J connectivity index is 2.89. The van der Waals surface area contributed by atoms with E-state index in [2.05, 4.69) is 16.8 Å². The Morgan fingerprint density at radius 2 is 2.31 bits per heavy atom. The third-order valence-corrected chi connectivity index (χ3v) is 1.54. The van der Waals surface area contributed by atoms with Gasteiger partial charge in [-0.15, -0.1) is 0 Å². The predicted molar refractivity (Wildman–Crippen MR) is 51.1 cm³/mol. The molecule has 0 fully saturated rings. The summed E-state index contributed by atoms with van der Waals surface area (Å²) in [5.74, 6) is 6.26. The summed E-state index contributed by atoms with van der Waals surface area (Å²) in [4.78, 5) is 4.07. The molecule has 0 aromatic carbocycles. The minimum atomic E-state index is -0.954. The van der Waals surface area contributed by atoms with E-state index < -0.39 is 5.60 Å². The highest BCUT2D eigenvalue weighted by Crippen LogP contribution is 1.99. The summed E-state index contributed by atoms with van der Waals surface area (Å²) in [6.07, 6.45) is 3.58. The van der Waals surface area contributed by atoms with Crippen molar-refractivity contribution < 1.29 is 5.11 Å². The monoisotopic (exact) mass is 178 g/mol. The molecule has 0 bridgehead atoms. The van der Waals surface area contributed by atoms with E-state index in [1.54, 1.807) is 20.0 Å². The first kappa shape index (κ1) is 9.82. The van der Waals surface area contributed by atoms with Crippen molar-refractivity contribution in [3.63, 3.8) is 0 Å². The molecule has 0 aliphatic rings. The highest BCUT2D eigenvalue weighted by molar-refractivity contribution is 5.25. The fraction of sp³-hybridized carbons (Fsp3) is 0.500. The van der Waals surface area contributed by atoms with Gasteiger partial charge in [-0.25, -0.2) is 4.98 Å². The quantitative estimate of drug-likeness (QED) is 0.652. The van der Waals surface area contributed by atoms with Crippen LogP contribution in [0.3, 0.4) is 0 Å². The van der Waals surface area contributed by atoms with Gasteiger partial charge < -0.3 is 9.67 Å². The number of aromatic nitrogens is 2. The van der Waals surface area contributed by atoms with Crippen LogP contribution < -0.4 is 0 Å². The van der Waals surface area contributed by atoms with E-state index in [-0.39, 0.29) is 0 Å². The van der Waals surface area contributed by atoms with Crippen molar-refractivity contribution in [1.29, 1.82) is 0 Å². The minimum Gasteiger partial charge on any atom is -0.378 e. The summed E-state index contributed by atoms with van der Waals surface area (Å²) in [5.41, 5.74) is -0.954. The SMILES string of the molecule is CCn1ccnc1C#CC(C)(C)O. The second-order valence-electron chi connectivity index (χ2n) is 3.35. The van der Waals surface area contributed by atoms with Crippen LogP contribution in [0.4, 0.5) is 0 Å². The number of imidazole rings is 1. The first-order chi connectivity index (χ1) is 6.03. The fourth-order valence-electron chi connectivity index (χ4n) is 0.897. The van der Waals surface area contributed by atoms with Crippen LogP contribution in [0.15, 0.2) is 12.4 Å². The largest absolute Gasteiger partial charge is 0.378 e. The van der Waals surface area contributed by atoms with Crippen molar-refractivity contribution in [2.45, 2.75) is 32.9 Å². The van der Waals surface area contributed by atoms with Crippen LogP contribution in [0.1, 0.15) is 26.6 Å². The van der Waals surface area contributed by atoms with Gasteiger partial charge in [-0.05, 0) is 26.7 Å². The third kappa shape index (κ3) is 2.92. The number of hydrogen-bond donors (Lipinski definition) is 1. The van der Waals surface area contributed by atoms with Gasteiger partial charge >= 0.3 is 0 Å². The Bertz CT molecular complexity index is 336. The number of aryl methyl sites for hydroxylation is 1. The number of rotatable bonds is 1. The van der Waals surface area contributed by atoms with Crippen molar-refractivity contribution in [2.75, 3.05) is 0 Å². The molecule has 0 saturated carbocycles. The summed E-state index contributed by atoms with van der Waals surface area (Å²) in [7, 11) is 0. The van der Waals surface area contributed by atoms with Gasteiger partial charge in [0.05, 0.1) is 0 Å². The Morgan fingerprint density at radius 3 is 2.85 bits per heavy atom. The summed E-state index contributed by atoms with van der Waals surface area (Å²) >= 11 is 0. The maximum Gasteiger partial charge on any atom is 0.185 e. The van der Waals surface area contributed by atoms with Gasteiger partial charge in [0.1, 0.15) is 5.60 Å². The number of aliphatic hydroxyl groups is 1. The van der Waals surface area contributed by atoms with Gasteiger partial charge in [-0.3, -0.25) is 0 Å². The predicted octanol–water partition coefficient (Wildman–Crippen LogP) is 1.03. The molecule has 3 nitrogen and oxygen atoms in total. The zero-order chi connectivity index (χ0) is 9.90. The van der Waals surface area contributed by atoms with Gasteiger partial charge in [-0.1, -0.05) is 5.92 Å². The number of nitrogens with zero attached hydrogens (tertiary/aromatic N) is 2. The second-order valence-corrected chi connectivity index (χ2v) is 3.35. The highest BCUT2D eigenvalue weighted by Gasteiger charge is 2.06. The fourth-order valence-corrected chi connectivity index (χ4v) is 0.897. The van der Waals surface area contributed by atoms with Crippen molar-refractivity contribution >= 4 is 0 Å². The molecule has 0 aliphatic carbocycles. The van der Waals surface area contributed by atoms with Crippen LogP contribution in [0, 0.1) is 11.8 Å². The first-order valence-corrected chi connectivity index (χ1v) is 4.29. The summed E-state index contributed by atoms with van der Waals surface area (Å²) in [6.45, 7) is 6.17. The van der Waals surface area contributed by atoms with Crippen LogP contribution >= 0.6 is 0 Å². The van der Waals surface area contributed by atoms with Crippen molar-refractivity contribution in [3.8, 4) is 11.8 Å². The Morgan fingerprint density at radius 1 is 1.62 bits per heavy atom. The first-order valence-electron chi connectivity index (χ1n) is 4.29. The highest BCUT2D eigenvalue weighted by atomic mass is 16.3. The Labute approximate surface area is 78.4 Å². The summed E-state index contributed by atoms with van der Waals surface area (Å²) in [5, 5.41) is 9.37. The Kier molecular flexibility index (Phi) is 2.74. The van der Waals surface area contributed by atoms with Crippen LogP contribution in [-0.4, -0.2) is 20.3 Å². The van der Waals surface area contributed by atoms with E-state index in [1.165, 1.54) is 0 Å². The van der Waals surface area contributed by atoms with Crippen LogP contribution in [0.25, 0.3) is 0 Å². The van der Waals surface area contributed by atoms with E-state index in [0.717, 1.165) is 6.54 Å². The molecular formula is C10H14N2O. The van der Waals surface area contributed by atoms with Crippen molar-refractivity contribution in [2.24, 2.45) is 0 Å². The molecular weight excluding hydrogens is 164 g/mol. The Hall–Kier alpha value is -1.27. The molecule has 0 aliphatic heterocycles. The second kappa shape index (κ2) is 3.63. The number of hydrogen-bond acceptors (Lipinski definition) is 2. The van der Waals surface area contributed by atoms with E-state index in [4.69, 9.17) is 0 Å².